The van der Waals surface area contributed by atoms with Crippen LogP contribution >= 0.6 is 0 Å². The number of hydrogen-bond acceptors (Lipinski definition) is 7. The first-order valence-electron chi connectivity index (χ1n) is 9.85. The minimum atomic E-state index is -4.00. The highest BCUT2D eigenvalue weighted by Gasteiger charge is 2.27. The van der Waals surface area contributed by atoms with Gasteiger partial charge in [-0.05, 0) is 42.5 Å². The second kappa shape index (κ2) is 7.74. The van der Waals surface area contributed by atoms with Crippen LogP contribution in [0.2, 0.25) is 0 Å². The topological polar surface area (TPSA) is 147 Å². The predicted octanol–water partition coefficient (Wildman–Crippen LogP) is 1.88. The number of nitrogens with one attached hydrogen (secondary N) is 1. The minimum absolute atomic E-state index is 0.0407. The quantitative estimate of drug-likeness (QED) is 0.462. The Labute approximate surface area is 186 Å². The van der Waals surface area contributed by atoms with Crippen LogP contribution in [-0.2, 0) is 16.4 Å². The Kier molecular flexibility index (Phi) is 4.86. The van der Waals surface area contributed by atoms with Crippen LogP contribution in [0.1, 0.15) is 5.69 Å². The number of fused-ring (bicyclic) bond motifs is 2. The van der Waals surface area contributed by atoms with Crippen molar-refractivity contribution in [1.29, 1.82) is 0 Å². The lowest BCUT2D eigenvalue weighted by Crippen LogP contribution is -2.36. The number of benzene rings is 2. The van der Waals surface area contributed by atoms with Crippen LogP contribution in [0, 0.1) is 0 Å². The number of nitrogens with zero attached hydrogens (tertiary/aromatic N) is 4. The highest BCUT2D eigenvalue weighted by Crippen LogP contribution is 2.35. The highest BCUT2D eigenvalue weighted by atomic mass is 32.2. The van der Waals surface area contributed by atoms with E-state index >= 15 is 0 Å². The molecule has 3 heterocycles. The molecule has 1 amide bonds. The lowest BCUT2D eigenvalue weighted by molar-refractivity contribution is 0.196. The number of carboxylic acid groups (broad SMARTS) is 1. The van der Waals surface area contributed by atoms with Crippen LogP contribution in [0.4, 0.5) is 10.5 Å². The first kappa shape index (κ1) is 20.7. The number of aromatic nitrogens is 4. The van der Waals surface area contributed by atoms with Gasteiger partial charge in [-0.15, -0.1) is 0 Å². The maximum absolute atomic E-state index is 13.3. The summed E-state index contributed by atoms with van der Waals surface area (Å²) in [7, 11) is -4.00. The van der Waals surface area contributed by atoms with Gasteiger partial charge in [0.25, 0.3) is 5.56 Å². The molecule has 0 atom stereocenters. The third kappa shape index (κ3) is 3.59. The number of rotatable bonds is 4. The van der Waals surface area contributed by atoms with Crippen molar-refractivity contribution in [3.63, 3.8) is 0 Å². The monoisotopic (exact) mass is 467 g/mol. The molecule has 0 spiro atoms. The van der Waals surface area contributed by atoms with Crippen molar-refractivity contribution in [1.82, 2.24) is 20.0 Å². The van der Waals surface area contributed by atoms with Gasteiger partial charge in [-0.3, -0.25) is 14.8 Å². The van der Waals surface area contributed by atoms with E-state index in [9.17, 15) is 23.1 Å². The molecule has 0 radical (unpaired) electrons. The Morgan fingerprint density at radius 2 is 1.94 bits per heavy atom. The van der Waals surface area contributed by atoms with Crippen molar-refractivity contribution >= 4 is 32.4 Å². The predicted molar refractivity (Wildman–Crippen MR) is 116 cm³/mol. The molecule has 11 nitrogen and oxygen atoms in total. The van der Waals surface area contributed by atoms with E-state index in [1.165, 1.54) is 47.3 Å². The zero-order valence-corrected chi connectivity index (χ0v) is 17.8. The van der Waals surface area contributed by atoms with E-state index in [4.69, 9.17) is 4.74 Å². The van der Waals surface area contributed by atoms with Gasteiger partial charge in [-0.25, -0.2) is 17.9 Å². The molecule has 12 heteroatoms. The maximum Gasteiger partial charge on any atom is 0.412 e. The third-order valence-corrected chi connectivity index (χ3v) is 7.10. The average molecular weight is 467 g/mol. The third-order valence-electron chi connectivity index (χ3n) is 5.35. The summed E-state index contributed by atoms with van der Waals surface area (Å²) < 4.78 is 33.3. The average Bonchev–Trinajstić information content (AvgIpc) is 3.33. The first-order valence-corrected chi connectivity index (χ1v) is 11.3. The molecule has 4 aromatic rings. The van der Waals surface area contributed by atoms with Gasteiger partial charge in [0.15, 0.2) is 0 Å². The molecule has 0 fully saturated rings. The van der Waals surface area contributed by atoms with E-state index in [2.05, 4.69) is 15.3 Å². The van der Waals surface area contributed by atoms with Crippen molar-refractivity contribution < 1.29 is 23.1 Å². The van der Waals surface area contributed by atoms with Gasteiger partial charge in [0.2, 0.25) is 9.84 Å². The molecule has 0 unspecified atom stereocenters. The summed E-state index contributed by atoms with van der Waals surface area (Å²) in [6.45, 7) is 0.478. The van der Waals surface area contributed by atoms with E-state index in [0.29, 0.717) is 22.2 Å². The fraction of sp³-hybridized carbons (Fsp3) is 0.143. The summed E-state index contributed by atoms with van der Waals surface area (Å²) in [4.78, 5) is 25.2. The first-order chi connectivity index (χ1) is 15.8. The van der Waals surface area contributed by atoms with Crippen LogP contribution in [-0.4, -0.2) is 52.7 Å². The van der Waals surface area contributed by atoms with Gasteiger partial charge in [0.05, 0.1) is 45.8 Å². The lowest BCUT2D eigenvalue weighted by atomic mass is 10.2. The van der Waals surface area contributed by atoms with E-state index in [-0.39, 0.29) is 40.7 Å². The second-order valence-electron chi connectivity index (χ2n) is 7.35. The van der Waals surface area contributed by atoms with Gasteiger partial charge in [0.1, 0.15) is 12.4 Å². The minimum Gasteiger partial charge on any atom is -0.490 e. The van der Waals surface area contributed by atoms with Crippen molar-refractivity contribution in [3.05, 3.63) is 70.9 Å². The molecule has 2 N–H and O–H groups in total. The zero-order chi connectivity index (χ0) is 23.2. The smallest absolute Gasteiger partial charge is 0.412 e. The summed E-state index contributed by atoms with van der Waals surface area (Å²) in [6.07, 6.45) is 1.80. The van der Waals surface area contributed by atoms with Gasteiger partial charge < -0.3 is 9.84 Å². The molecule has 0 aliphatic carbocycles. The van der Waals surface area contributed by atoms with Gasteiger partial charge in [0, 0.05) is 11.6 Å². The Hall–Kier alpha value is -4.19. The van der Waals surface area contributed by atoms with Crippen LogP contribution in [0.3, 0.4) is 0 Å². The van der Waals surface area contributed by atoms with Crippen LogP contribution in [0.15, 0.2) is 69.4 Å². The van der Waals surface area contributed by atoms with Gasteiger partial charge >= 0.3 is 6.09 Å². The molecule has 33 heavy (non-hydrogen) atoms. The number of H-pyrrole nitrogens is 1. The molecule has 1 aliphatic heterocycles. The number of ether oxygens (including phenoxy) is 1. The molecular formula is C21H17N5O6S. The molecule has 2 aromatic carbocycles. The molecule has 0 saturated carbocycles. The summed E-state index contributed by atoms with van der Waals surface area (Å²) in [5, 5.41) is 20.8. The summed E-state index contributed by atoms with van der Waals surface area (Å²) in [5.74, 6) is 0.295. The number of anilines is 1. The number of carbonyl (C=O) groups is 1. The summed E-state index contributed by atoms with van der Waals surface area (Å²) in [5.41, 5.74) is 0.503. The zero-order valence-electron chi connectivity index (χ0n) is 17.0. The summed E-state index contributed by atoms with van der Waals surface area (Å²) in [6, 6.07) is 9.99. The fourth-order valence-corrected chi connectivity index (χ4v) is 4.99. The van der Waals surface area contributed by atoms with Crippen molar-refractivity contribution in [2.24, 2.45) is 0 Å². The van der Waals surface area contributed by atoms with E-state index in [0.717, 1.165) is 4.90 Å². The highest BCUT2D eigenvalue weighted by molar-refractivity contribution is 7.91. The van der Waals surface area contributed by atoms with E-state index in [1.54, 1.807) is 12.3 Å². The van der Waals surface area contributed by atoms with E-state index < -0.39 is 15.9 Å². The maximum atomic E-state index is 13.3. The fourth-order valence-electron chi connectivity index (χ4n) is 3.68. The van der Waals surface area contributed by atoms with Gasteiger partial charge in [-0.2, -0.15) is 10.2 Å². The molecule has 5 rings (SSSR count). The Morgan fingerprint density at radius 3 is 2.70 bits per heavy atom. The van der Waals surface area contributed by atoms with Crippen LogP contribution in [0.5, 0.6) is 5.75 Å². The Balaban J connectivity index is 1.54. The number of aromatic amines is 1. The standard InChI is InChI=1S/C21H17N5O6S/c27-20-17-3-1-15(9-13(17)11-23-26(20)12-14-5-6-22-24-14)33(30,31)16-2-4-19-18(10-16)25(21(28)29)7-8-32-19/h1-6,9-11H,7-8,12H2,(H,22,24)(H,28,29). The van der Waals surface area contributed by atoms with Crippen molar-refractivity contribution in [2.45, 2.75) is 16.3 Å². The number of amides is 1. The van der Waals surface area contributed by atoms with Crippen LogP contribution < -0.4 is 15.2 Å². The summed E-state index contributed by atoms with van der Waals surface area (Å²) >= 11 is 0. The number of sulfone groups is 1. The number of hydrogen-bond donors (Lipinski definition) is 2. The molecule has 2 aromatic heterocycles. The lowest BCUT2D eigenvalue weighted by Gasteiger charge is -2.27. The van der Waals surface area contributed by atoms with E-state index in [1.807, 2.05) is 0 Å². The molecule has 0 saturated heterocycles. The normalized spacial score (nSPS) is 13.5. The molecule has 0 bridgehead atoms. The SMILES string of the molecule is O=C(O)N1CCOc2ccc(S(=O)(=O)c3ccc4c(=O)n(Cc5ccn[nH]5)ncc4c3)cc21. The largest absolute Gasteiger partial charge is 0.490 e. The van der Waals surface area contributed by atoms with Crippen molar-refractivity contribution in [2.75, 3.05) is 18.1 Å². The Bertz CT molecular complexity index is 1550. The second-order valence-corrected chi connectivity index (χ2v) is 9.30. The molecule has 168 valence electrons. The molecular weight excluding hydrogens is 450 g/mol. The van der Waals surface area contributed by atoms with Crippen molar-refractivity contribution in [3.8, 4) is 5.75 Å². The van der Waals surface area contributed by atoms with Crippen LogP contribution in [0.25, 0.3) is 10.8 Å². The molecule has 1 aliphatic rings. The van der Waals surface area contributed by atoms with Gasteiger partial charge in [-0.1, -0.05) is 0 Å². The Morgan fingerprint density at radius 1 is 1.15 bits per heavy atom.